The second-order valence-electron chi connectivity index (χ2n) is 3.46. The first-order valence-corrected chi connectivity index (χ1v) is 6.14. The molecule has 4 heteroatoms. The van der Waals surface area contributed by atoms with Crippen molar-refractivity contribution in [2.45, 2.75) is 6.54 Å². The fourth-order valence-corrected chi connectivity index (χ4v) is 2.63. The van der Waals surface area contributed by atoms with E-state index in [1.807, 2.05) is 18.5 Å². The Balaban J connectivity index is 2.38. The van der Waals surface area contributed by atoms with Gasteiger partial charge in [-0.2, -0.15) is 0 Å². The maximum atomic E-state index is 13.1. The zero-order valence-corrected chi connectivity index (χ0v) is 10.3. The van der Waals surface area contributed by atoms with Gasteiger partial charge in [0.2, 0.25) is 0 Å². The third-order valence-electron chi connectivity index (χ3n) is 2.24. The molecule has 84 valence electrons. The molecule has 0 unspecified atom stereocenters. The minimum atomic E-state index is -0.263. The number of halogens is 2. The van der Waals surface area contributed by atoms with Crippen molar-refractivity contribution in [1.82, 2.24) is 5.32 Å². The molecule has 1 aromatic carbocycles. The summed E-state index contributed by atoms with van der Waals surface area (Å²) < 4.78 is 13.1. The average molecular weight is 256 g/mol. The number of nitrogens with one attached hydrogen (secondary N) is 1. The third-order valence-corrected chi connectivity index (χ3v) is 3.51. The Morgan fingerprint density at radius 2 is 2.19 bits per heavy atom. The van der Waals surface area contributed by atoms with Crippen LogP contribution in [0.2, 0.25) is 5.02 Å². The van der Waals surface area contributed by atoms with Gasteiger partial charge >= 0.3 is 0 Å². The maximum absolute atomic E-state index is 13.1. The van der Waals surface area contributed by atoms with E-state index in [-0.39, 0.29) is 5.82 Å². The summed E-state index contributed by atoms with van der Waals surface area (Å²) in [6.07, 6.45) is 0. The van der Waals surface area contributed by atoms with Crippen LogP contribution < -0.4 is 5.32 Å². The fourth-order valence-electron chi connectivity index (χ4n) is 1.51. The summed E-state index contributed by atoms with van der Waals surface area (Å²) in [7, 11) is 1.90. The smallest absolute Gasteiger partial charge is 0.123 e. The first-order chi connectivity index (χ1) is 7.70. The highest BCUT2D eigenvalue weighted by Gasteiger charge is 2.07. The topological polar surface area (TPSA) is 12.0 Å². The number of hydrogen-bond acceptors (Lipinski definition) is 2. The van der Waals surface area contributed by atoms with Gasteiger partial charge in [-0.3, -0.25) is 0 Å². The second-order valence-corrected chi connectivity index (χ2v) is 4.86. The van der Waals surface area contributed by atoms with E-state index in [2.05, 4.69) is 5.32 Å². The summed E-state index contributed by atoms with van der Waals surface area (Å²) >= 11 is 7.68. The van der Waals surface area contributed by atoms with Crippen molar-refractivity contribution in [2.75, 3.05) is 7.05 Å². The lowest BCUT2D eigenvalue weighted by molar-refractivity contribution is 0.628. The lowest BCUT2D eigenvalue weighted by Gasteiger charge is -2.01. The zero-order chi connectivity index (χ0) is 11.5. The van der Waals surface area contributed by atoms with E-state index in [4.69, 9.17) is 11.6 Å². The minimum Gasteiger partial charge on any atom is -0.315 e. The summed E-state index contributed by atoms with van der Waals surface area (Å²) in [5, 5.41) is 5.65. The van der Waals surface area contributed by atoms with Gasteiger partial charge in [0.1, 0.15) is 5.82 Å². The number of hydrogen-bond donors (Lipinski definition) is 1. The lowest BCUT2D eigenvalue weighted by Crippen LogP contribution is -2.02. The molecule has 1 N–H and O–H groups in total. The molecule has 16 heavy (non-hydrogen) atoms. The summed E-state index contributed by atoms with van der Waals surface area (Å²) in [5.41, 5.74) is 1.72. The van der Waals surface area contributed by atoms with E-state index in [1.165, 1.54) is 17.0 Å². The van der Waals surface area contributed by atoms with Crippen LogP contribution in [0.4, 0.5) is 4.39 Å². The van der Waals surface area contributed by atoms with Crippen molar-refractivity contribution in [2.24, 2.45) is 0 Å². The number of thiophene rings is 1. The Bertz CT molecular complexity index is 496. The molecular formula is C12H11ClFNS. The largest absolute Gasteiger partial charge is 0.315 e. The van der Waals surface area contributed by atoms with Crippen LogP contribution in [0, 0.1) is 5.82 Å². The van der Waals surface area contributed by atoms with E-state index in [9.17, 15) is 4.39 Å². The number of rotatable bonds is 3. The Morgan fingerprint density at radius 1 is 1.38 bits per heavy atom. The van der Waals surface area contributed by atoms with Crippen LogP contribution in [0.15, 0.2) is 29.6 Å². The summed E-state index contributed by atoms with van der Waals surface area (Å²) in [6, 6.07) is 6.45. The molecule has 0 radical (unpaired) electrons. The Hall–Kier alpha value is -0.900. The molecule has 0 aliphatic carbocycles. The molecule has 0 bridgehead atoms. The predicted octanol–water partition coefficient (Wildman–Crippen LogP) is 3.93. The second kappa shape index (κ2) is 4.95. The monoisotopic (exact) mass is 255 g/mol. The van der Waals surface area contributed by atoms with Crippen LogP contribution in [0.25, 0.3) is 11.1 Å². The lowest BCUT2D eigenvalue weighted by atomic mass is 10.1. The molecule has 0 aliphatic rings. The van der Waals surface area contributed by atoms with Gasteiger partial charge < -0.3 is 5.32 Å². The van der Waals surface area contributed by atoms with E-state index in [0.717, 1.165) is 17.7 Å². The van der Waals surface area contributed by atoms with Crippen LogP contribution in [0.1, 0.15) is 4.88 Å². The van der Waals surface area contributed by atoms with Crippen molar-refractivity contribution in [3.8, 4) is 11.1 Å². The molecule has 0 atom stereocenters. The first kappa shape index (κ1) is 11.6. The molecule has 2 aromatic rings. The van der Waals surface area contributed by atoms with Crippen molar-refractivity contribution >= 4 is 22.9 Å². The molecule has 0 fully saturated rings. The van der Waals surface area contributed by atoms with Crippen LogP contribution in [-0.4, -0.2) is 7.05 Å². The maximum Gasteiger partial charge on any atom is 0.123 e. The normalized spacial score (nSPS) is 10.7. The van der Waals surface area contributed by atoms with Gasteiger partial charge in [-0.1, -0.05) is 11.6 Å². The van der Waals surface area contributed by atoms with Gasteiger partial charge in [0.15, 0.2) is 0 Å². The predicted molar refractivity (Wildman–Crippen MR) is 67.5 cm³/mol. The van der Waals surface area contributed by atoms with E-state index in [1.54, 1.807) is 17.4 Å². The molecule has 0 saturated heterocycles. The SMILES string of the molecule is CNCc1cc(-c2cc(F)ccc2Cl)cs1. The quantitative estimate of drug-likeness (QED) is 0.876. The van der Waals surface area contributed by atoms with Crippen molar-refractivity contribution < 1.29 is 4.39 Å². The number of benzene rings is 1. The molecule has 1 heterocycles. The molecular weight excluding hydrogens is 245 g/mol. The van der Waals surface area contributed by atoms with Gasteiger partial charge in [-0.15, -0.1) is 11.3 Å². The summed E-state index contributed by atoms with van der Waals surface area (Å²) in [6.45, 7) is 0.817. The Kier molecular flexibility index (Phi) is 3.59. The Labute approximate surface area is 103 Å². The highest BCUT2D eigenvalue weighted by molar-refractivity contribution is 7.10. The van der Waals surface area contributed by atoms with Crippen molar-refractivity contribution in [3.05, 3.63) is 45.4 Å². The van der Waals surface area contributed by atoms with E-state index in [0.29, 0.717) is 5.02 Å². The van der Waals surface area contributed by atoms with Crippen molar-refractivity contribution in [1.29, 1.82) is 0 Å². The molecule has 0 saturated carbocycles. The summed E-state index contributed by atoms with van der Waals surface area (Å²) in [4.78, 5) is 1.21. The first-order valence-electron chi connectivity index (χ1n) is 4.88. The standard InChI is InChI=1S/C12H11ClFNS/c1-15-6-10-4-8(7-16-10)11-5-9(14)2-3-12(11)13/h2-5,7,15H,6H2,1H3. The molecule has 1 aromatic heterocycles. The zero-order valence-electron chi connectivity index (χ0n) is 8.76. The fraction of sp³-hybridized carbons (Fsp3) is 0.167. The van der Waals surface area contributed by atoms with Crippen LogP contribution in [-0.2, 0) is 6.54 Å². The molecule has 0 amide bonds. The van der Waals surface area contributed by atoms with Gasteiger partial charge in [0.25, 0.3) is 0 Å². The van der Waals surface area contributed by atoms with Crippen LogP contribution >= 0.6 is 22.9 Å². The van der Waals surface area contributed by atoms with E-state index < -0.39 is 0 Å². The molecule has 2 rings (SSSR count). The Morgan fingerprint density at radius 3 is 2.94 bits per heavy atom. The van der Waals surface area contributed by atoms with Gasteiger partial charge in [-0.05, 0) is 42.3 Å². The van der Waals surface area contributed by atoms with E-state index >= 15 is 0 Å². The summed E-state index contributed by atoms with van der Waals surface area (Å²) in [5.74, 6) is -0.263. The molecule has 1 nitrogen and oxygen atoms in total. The third kappa shape index (κ3) is 2.43. The highest BCUT2D eigenvalue weighted by Crippen LogP contribution is 2.31. The van der Waals surface area contributed by atoms with Gasteiger partial charge in [-0.25, -0.2) is 4.39 Å². The van der Waals surface area contributed by atoms with Gasteiger partial charge in [0.05, 0.1) is 0 Å². The molecule has 0 spiro atoms. The highest BCUT2D eigenvalue weighted by atomic mass is 35.5. The van der Waals surface area contributed by atoms with Crippen molar-refractivity contribution in [3.63, 3.8) is 0 Å². The minimum absolute atomic E-state index is 0.263. The van der Waals surface area contributed by atoms with Crippen LogP contribution in [0.5, 0.6) is 0 Å². The molecule has 0 aliphatic heterocycles. The van der Waals surface area contributed by atoms with Gasteiger partial charge in [0, 0.05) is 22.0 Å². The average Bonchev–Trinajstić information content (AvgIpc) is 2.71. The van der Waals surface area contributed by atoms with Crippen LogP contribution in [0.3, 0.4) is 0 Å².